The molecule has 1 unspecified atom stereocenters. The average Bonchev–Trinajstić information content (AvgIpc) is 2.30. The van der Waals surface area contributed by atoms with Crippen LogP contribution in [0.5, 0.6) is 0 Å². The van der Waals surface area contributed by atoms with Gasteiger partial charge in [0, 0.05) is 12.6 Å². The molecule has 0 saturated carbocycles. The SMILES string of the molecule is COC(=O)[C@@H](NCC1CCCCN1)C(C)C. The maximum absolute atomic E-state index is 11.5. The van der Waals surface area contributed by atoms with E-state index in [4.69, 9.17) is 4.74 Å². The minimum atomic E-state index is -0.186. The van der Waals surface area contributed by atoms with E-state index in [0.717, 1.165) is 13.1 Å². The number of carbonyl (C=O) groups is 1. The Balaban J connectivity index is 2.34. The van der Waals surface area contributed by atoms with Crippen LogP contribution in [0.2, 0.25) is 0 Å². The van der Waals surface area contributed by atoms with Gasteiger partial charge in [0.05, 0.1) is 7.11 Å². The molecule has 0 aromatic rings. The van der Waals surface area contributed by atoms with E-state index in [1.165, 1.54) is 26.4 Å². The topological polar surface area (TPSA) is 50.4 Å². The van der Waals surface area contributed by atoms with Crippen LogP contribution in [0.1, 0.15) is 33.1 Å². The third kappa shape index (κ3) is 4.10. The largest absolute Gasteiger partial charge is 0.468 e. The van der Waals surface area contributed by atoms with Crippen LogP contribution in [-0.2, 0) is 9.53 Å². The van der Waals surface area contributed by atoms with Crippen LogP contribution < -0.4 is 10.6 Å². The number of methoxy groups -OCH3 is 1. The summed E-state index contributed by atoms with van der Waals surface area (Å²) in [4.78, 5) is 11.5. The summed E-state index contributed by atoms with van der Waals surface area (Å²) in [6.45, 7) is 6.00. The van der Waals surface area contributed by atoms with Crippen molar-refractivity contribution in [3.63, 3.8) is 0 Å². The van der Waals surface area contributed by atoms with Crippen molar-refractivity contribution in [1.29, 1.82) is 0 Å². The number of nitrogens with one attached hydrogen (secondary N) is 2. The Kier molecular flexibility index (Phi) is 5.77. The van der Waals surface area contributed by atoms with Gasteiger partial charge in [-0.1, -0.05) is 20.3 Å². The molecule has 0 spiro atoms. The lowest BCUT2D eigenvalue weighted by molar-refractivity contribution is -0.144. The van der Waals surface area contributed by atoms with Gasteiger partial charge in [0.25, 0.3) is 0 Å². The smallest absolute Gasteiger partial charge is 0.323 e. The van der Waals surface area contributed by atoms with Gasteiger partial charge >= 0.3 is 5.97 Å². The number of carbonyl (C=O) groups excluding carboxylic acids is 1. The summed E-state index contributed by atoms with van der Waals surface area (Å²) in [5.74, 6) is 0.0989. The first kappa shape index (κ1) is 13.5. The number of hydrogen-bond donors (Lipinski definition) is 2. The van der Waals surface area contributed by atoms with Crippen LogP contribution in [0.3, 0.4) is 0 Å². The van der Waals surface area contributed by atoms with E-state index in [2.05, 4.69) is 10.6 Å². The van der Waals surface area contributed by atoms with Crippen LogP contribution in [0.15, 0.2) is 0 Å². The van der Waals surface area contributed by atoms with Crippen molar-refractivity contribution in [3.8, 4) is 0 Å². The van der Waals surface area contributed by atoms with E-state index in [0.29, 0.717) is 6.04 Å². The van der Waals surface area contributed by atoms with E-state index in [9.17, 15) is 4.79 Å². The van der Waals surface area contributed by atoms with E-state index in [1.807, 2.05) is 13.8 Å². The van der Waals surface area contributed by atoms with Gasteiger partial charge in [-0.2, -0.15) is 0 Å². The minimum absolute atomic E-state index is 0.161. The lowest BCUT2D eigenvalue weighted by Crippen LogP contribution is -2.49. The first-order chi connectivity index (χ1) is 7.65. The zero-order valence-corrected chi connectivity index (χ0v) is 10.6. The van der Waals surface area contributed by atoms with Crippen LogP contribution in [0, 0.1) is 5.92 Å². The molecule has 1 rings (SSSR count). The van der Waals surface area contributed by atoms with Crippen molar-refractivity contribution in [3.05, 3.63) is 0 Å². The number of esters is 1. The summed E-state index contributed by atoms with van der Waals surface area (Å²) in [7, 11) is 1.44. The van der Waals surface area contributed by atoms with Gasteiger partial charge in [-0.05, 0) is 25.3 Å². The second kappa shape index (κ2) is 6.86. The van der Waals surface area contributed by atoms with E-state index in [-0.39, 0.29) is 17.9 Å². The molecule has 4 heteroatoms. The highest BCUT2D eigenvalue weighted by molar-refractivity contribution is 5.75. The van der Waals surface area contributed by atoms with Crippen molar-refractivity contribution in [2.45, 2.75) is 45.2 Å². The number of piperidine rings is 1. The van der Waals surface area contributed by atoms with Gasteiger partial charge < -0.3 is 15.4 Å². The standard InChI is InChI=1S/C12H24N2O2/c1-9(2)11(12(15)16-3)14-8-10-6-4-5-7-13-10/h9-11,13-14H,4-8H2,1-3H3/t10?,11-/m0/s1. The van der Waals surface area contributed by atoms with Crippen molar-refractivity contribution in [2.24, 2.45) is 5.92 Å². The van der Waals surface area contributed by atoms with Crippen molar-refractivity contribution < 1.29 is 9.53 Å². The maximum atomic E-state index is 11.5. The monoisotopic (exact) mass is 228 g/mol. The normalized spacial score (nSPS) is 23.1. The Bertz CT molecular complexity index is 213. The highest BCUT2D eigenvalue weighted by Crippen LogP contribution is 2.08. The fraction of sp³-hybridized carbons (Fsp3) is 0.917. The second-order valence-corrected chi connectivity index (χ2v) is 4.80. The van der Waals surface area contributed by atoms with E-state index in [1.54, 1.807) is 0 Å². The number of rotatable bonds is 5. The lowest BCUT2D eigenvalue weighted by Gasteiger charge is -2.27. The van der Waals surface area contributed by atoms with Crippen LogP contribution in [0.4, 0.5) is 0 Å². The van der Waals surface area contributed by atoms with Gasteiger partial charge in [0.2, 0.25) is 0 Å². The zero-order chi connectivity index (χ0) is 12.0. The van der Waals surface area contributed by atoms with Gasteiger partial charge in [0.1, 0.15) is 6.04 Å². The molecule has 0 amide bonds. The van der Waals surface area contributed by atoms with E-state index >= 15 is 0 Å². The summed E-state index contributed by atoms with van der Waals surface area (Å²) in [5, 5.41) is 6.76. The fourth-order valence-electron chi connectivity index (χ4n) is 2.09. The van der Waals surface area contributed by atoms with Crippen molar-refractivity contribution >= 4 is 5.97 Å². The molecule has 94 valence electrons. The quantitative estimate of drug-likeness (QED) is 0.687. The molecule has 0 bridgehead atoms. The highest BCUT2D eigenvalue weighted by atomic mass is 16.5. The second-order valence-electron chi connectivity index (χ2n) is 4.80. The molecule has 0 radical (unpaired) electrons. The molecule has 16 heavy (non-hydrogen) atoms. The predicted molar refractivity (Wildman–Crippen MR) is 64.3 cm³/mol. The third-order valence-corrected chi connectivity index (χ3v) is 3.12. The van der Waals surface area contributed by atoms with Crippen LogP contribution in [-0.4, -0.2) is 38.3 Å². The molecule has 2 atom stereocenters. The lowest BCUT2D eigenvalue weighted by atomic mass is 10.0. The first-order valence-corrected chi connectivity index (χ1v) is 6.19. The Hall–Kier alpha value is -0.610. The van der Waals surface area contributed by atoms with Gasteiger partial charge in [-0.25, -0.2) is 0 Å². The third-order valence-electron chi connectivity index (χ3n) is 3.12. The summed E-state index contributed by atoms with van der Waals surface area (Å²) in [5.41, 5.74) is 0. The molecule has 2 N–H and O–H groups in total. The first-order valence-electron chi connectivity index (χ1n) is 6.19. The Morgan fingerprint density at radius 2 is 2.25 bits per heavy atom. The summed E-state index contributed by atoms with van der Waals surface area (Å²) >= 11 is 0. The molecule has 1 heterocycles. The van der Waals surface area contributed by atoms with Gasteiger partial charge in [0.15, 0.2) is 0 Å². The number of ether oxygens (including phenoxy) is 1. The molecule has 4 nitrogen and oxygen atoms in total. The predicted octanol–water partition coefficient (Wildman–Crippen LogP) is 0.916. The summed E-state index contributed by atoms with van der Waals surface area (Å²) < 4.78 is 4.79. The maximum Gasteiger partial charge on any atom is 0.323 e. The van der Waals surface area contributed by atoms with E-state index < -0.39 is 0 Å². The fourth-order valence-corrected chi connectivity index (χ4v) is 2.09. The van der Waals surface area contributed by atoms with Crippen LogP contribution >= 0.6 is 0 Å². The van der Waals surface area contributed by atoms with Crippen LogP contribution in [0.25, 0.3) is 0 Å². The molecule has 0 aromatic heterocycles. The molecule has 1 aliphatic heterocycles. The molecule has 1 fully saturated rings. The molecular formula is C12H24N2O2. The van der Waals surface area contributed by atoms with Crippen molar-refractivity contribution in [1.82, 2.24) is 10.6 Å². The molecule has 0 aliphatic carbocycles. The Morgan fingerprint density at radius 1 is 1.50 bits per heavy atom. The molecule has 1 saturated heterocycles. The Labute approximate surface area is 98.1 Å². The van der Waals surface area contributed by atoms with Crippen molar-refractivity contribution in [2.75, 3.05) is 20.2 Å². The zero-order valence-electron chi connectivity index (χ0n) is 10.6. The van der Waals surface area contributed by atoms with Gasteiger partial charge in [-0.3, -0.25) is 4.79 Å². The molecule has 1 aliphatic rings. The average molecular weight is 228 g/mol. The Morgan fingerprint density at radius 3 is 2.75 bits per heavy atom. The summed E-state index contributed by atoms with van der Waals surface area (Å²) in [6, 6.07) is 0.313. The summed E-state index contributed by atoms with van der Waals surface area (Å²) in [6.07, 6.45) is 3.74. The number of hydrogen-bond acceptors (Lipinski definition) is 4. The molecular weight excluding hydrogens is 204 g/mol. The van der Waals surface area contributed by atoms with Gasteiger partial charge in [-0.15, -0.1) is 0 Å². The molecule has 0 aromatic carbocycles. The minimum Gasteiger partial charge on any atom is -0.468 e. The highest BCUT2D eigenvalue weighted by Gasteiger charge is 2.23.